The van der Waals surface area contributed by atoms with Gasteiger partial charge in [-0.15, -0.1) is 0 Å². The first-order valence-corrected chi connectivity index (χ1v) is 12.1. The second kappa shape index (κ2) is 10.1. The van der Waals surface area contributed by atoms with Crippen LogP contribution in [0, 0.1) is 11.3 Å². The Hall–Kier alpha value is -3.74. The molecule has 2 amide bonds. The maximum Gasteiger partial charge on any atom is 0.227 e. The van der Waals surface area contributed by atoms with Gasteiger partial charge in [-0.1, -0.05) is 37.3 Å². The zero-order valence-electron chi connectivity index (χ0n) is 21.8. The van der Waals surface area contributed by atoms with Crippen LogP contribution in [0.5, 0.6) is 17.2 Å². The smallest absolute Gasteiger partial charge is 0.227 e. The molecule has 1 saturated heterocycles. The molecule has 7 heteroatoms. The van der Waals surface area contributed by atoms with Crippen molar-refractivity contribution in [2.75, 3.05) is 41.5 Å². The Balaban J connectivity index is 1.55. The molecule has 0 saturated carbocycles. The number of ether oxygens (including phenoxy) is 3. The van der Waals surface area contributed by atoms with Crippen molar-refractivity contribution in [3.8, 4) is 28.4 Å². The van der Waals surface area contributed by atoms with Gasteiger partial charge in [-0.2, -0.15) is 0 Å². The zero-order chi connectivity index (χ0) is 26.0. The fraction of sp³-hybridized carbons (Fsp3) is 0.379. The molecule has 2 unspecified atom stereocenters. The van der Waals surface area contributed by atoms with Crippen molar-refractivity contribution in [1.29, 1.82) is 0 Å². The molecule has 0 spiro atoms. The molecule has 0 aliphatic carbocycles. The maximum absolute atomic E-state index is 13.1. The van der Waals surface area contributed by atoms with Crippen molar-refractivity contribution < 1.29 is 23.8 Å². The quantitative estimate of drug-likeness (QED) is 0.534. The molecular formula is C29H34N2O5. The van der Waals surface area contributed by atoms with Crippen molar-refractivity contribution >= 4 is 22.6 Å². The Bertz CT molecular complexity index is 1280. The molecule has 4 rings (SSSR count). The molecule has 190 valence electrons. The summed E-state index contributed by atoms with van der Waals surface area (Å²) in [6.07, 6.45) is 0.307. The molecule has 3 aromatic rings. The third-order valence-electron chi connectivity index (χ3n) is 7.46. The third kappa shape index (κ3) is 4.57. The number of nitrogens with one attached hydrogen (secondary N) is 1. The summed E-state index contributed by atoms with van der Waals surface area (Å²) in [6.45, 7) is 5.00. The Labute approximate surface area is 212 Å². The summed E-state index contributed by atoms with van der Waals surface area (Å²) >= 11 is 0. The van der Waals surface area contributed by atoms with Gasteiger partial charge in [-0.05, 0) is 58.5 Å². The molecule has 1 aliphatic heterocycles. The number of benzene rings is 3. The number of carbonyl (C=O) groups excluding carboxylic acids is 2. The lowest BCUT2D eigenvalue weighted by atomic mass is 9.80. The summed E-state index contributed by atoms with van der Waals surface area (Å²) in [6, 6.07) is 16.2. The van der Waals surface area contributed by atoms with Crippen molar-refractivity contribution in [2.45, 2.75) is 20.3 Å². The highest BCUT2D eigenvalue weighted by molar-refractivity contribution is 5.90. The van der Waals surface area contributed by atoms with E-state index in [1.165, 1.54) is 0 Å². The Morgan fingerprint density at radius 1 is 0.944 bits per heavy atom. The summed E-state index contributed by atoms with van der Waals surface area (Å²) in [5.74, 6) is 1.89. The van der Waals surface area contributed by atoms with Crippen molar-refractivity contribution in [3.05, 3.63) is 54.1 Å². The molecule has 1 heterocycles. The number of likely N-dealkylation sites (tertiary alicyclic amines) is 1. The fourth-order valence-electron chi connectivity index (χ4n) is 5.04. The van der Waals surface area contributed by atoms with E-state index in [9.17, 15) is 9.59 Å². The van der Waals surface area contributed by atoms with Crippen LogP contribution in [0.2, 0.25) is 0 Å². The first-order valence-electron chi connectivity index (χ1n) is 12.1. The molecule has 0 radical (unpaired) electrons. The number of hydrogen-bond acceptors (Lipinski definition) is 5. The van der Waals surface area contributed by atoms with Crippen LogP contribution in [0.3, 0.4) is 0 Å². The van der Waals surface area contributed by atoms with Crippen LogP contribution in [0.25, 0.3) is 21.9 Å². The van der Waals surface area contributed by atoms with Gasteiger partial charge in [0, 0.05) is 20.1 Å². The number of fused-ring (bicyclic) bond motifs is 1. The van der Waals surface area contributed by atoms with E-state index in [4.69, 9.17) is 14.2 Å². The van der Waals surface area contributed by atoms with Crippen molar-refractivity contribution in [1.82, 2.24) is 10.2 Å². The molecule has 3 aromatic carbocycles. The number of nitrogens with zero attached hydrogens (tertiary/aromatic N) is 1. The first kappa shape index (κ1) is 25.4. The van der Waals surface area contributed by atoms with E-state index >= 15 is 0 Å². The van der Waals surface area contributed by atoms with E-state index in [1.54, 1.807) is 28.4 Å². The van der Waals surface area contributed by atoms with Crippen LogP contribution in [0.1, 0.15) is 19.4 Å². The fourth-order valence-corrected chi connectivity index (χ4v) is 5.04. The number of carbonyl (C=O) groups is 2. The summed E-state index contributed by atoms with van der Waals surface area (Å²) in [5.41, 5.74) is 2.36. The van der Waals surface area contributed by atoms with E-state index < -0.39 is 5.41 Å². The van der Waals surface area contributed by atoms with Gasteiger partial charge in [0.2, 0.25) is 17.6 Å². The van der Waals surface area contributed by atoms with Crippen LogP contribution in [0.4, 0.5) is 0 Å². The maximum atomic E-state index is 13.1. The van der Waals surface area contributed by atoms with E-state index in [-0.39, 0.29) is 17.7 Å². The Morgan fingerprint density at radius 3 is 2.19 bits per heavy atom. The standard InChI is InChI=1S/C29H34N2O5/c1-18-16-31(17-29(18,2)28(33)30-3)26(32)12-19-7-8-21-13-22(10-9-20(21)11-19)23-14-24(34-4)27(36-6)25(15-23)35-5/h7-11,13-15,18H,12,16-17H2,1-6H3,(H,30,33). The van der Waals surface area contributed by atoms with Crippen LogP contribution < -0.4 is 19.5 Å². The second-order valence-electron chi connectivity index (χ2n) is 9.66. The molecule has 1 fully saturated rings. The van der Waals surface area contributed by atoms with Gasteiger partial charge in [-0.25, -0.2) is 0 Å². The minimum absolute atomic E-state index is 0.0149. The van der Waals surface area contributed by atoms with Crippen LogP contribution in [-0.2, 0) is 16.0 Å². The molecule has 36 heavy (non-hydrogen) atoms. The predicted octanol–water partition coefficient (Wildman–Crippen LogP) is 4.31. The van der Waals surface area contributed by atoms with Crippen molar-refractivity contribution in [3.63, 3.8) is 0 Å². The molecule has 1 aliphatic rings. The highest BCUT2D eigenvalue weighted by Crippen LogP contribution is 2.41. The van der Waals surface area contributed by atoms with Gasteiger partial charge in [0.05, 0.1) is 33.2 Å². The summed E-state index contributed by atoms with van der Waals surface area (Å²) in [7, 11) is 6.44. The van der Waals surface area contributed by atoms with Gasteiger partial charge in [0.15, 0.2) is 11.5 Å². The largest absolute Gasteiger partial charge is 0.493 e. The van der Waals surface area contributed by atoms with Crippen LogP contribution in [0.15, 0.2) is 48.5 Å². The van der Waals surface area contributed by atoms with Crippen LogP contribution >= 0.6 is 0 Å². The molecule has 1 N–H and O–H groups in total. The lowest BCUT2D eigenvalue weighted by Gasteiger charge is -2.25. The van der Waals surface area contributed by atoms with Gasteiger partial charge in [0.1, 0.15) is 0 Å². The Morgan fingerprint density at radius 2 is 1.58 bits per heavy atom. The zero-order valence-corrected chi connectivity index (χ0v) is 21.8. The van der Waals surface area contributed by atoms with E-state index in [2.05, 4.69) is 23.5 Å². The van der Waals surface area contributed by atoms with Gasteiger partial charge in [-0.3, -0.25) is 9.59 Å². The SMILES string of the molecule is CNC(=O)C1(C)CN(C(=O)Cc2ccc3cc(-c4cc(OC)c(OC)c(OC)c4)ccc3c2)CC1C. The molecule has 0 bridgehead atoms. The minimum atomic E-state index is -0.559. The molecule has 2 atom stereocenters. The number of rotatable bonds is 7. The van der Waals surface area contributed by atoms with Gasteiger partial charge >= 0.3 is 0 Å². The third-order valence-corrected chi connectivity index (χ3v) is 7.46. The Kier molecular flexibility index (Phi) is 7.11. The topological polar surface area (TPSA) is 77.1 Å². The molecular weight excluding hydrogens is 456 g/mol. The second-order valence-corrected chi connectivity index (χ2v) is 9.66. The lowest BCUT2D eigenvalue weighted by Crippen LogP contribution is -2.42. The van der Waals surface area contributed by atoms with Gasteiger partial charge in [0.25, 0.3) is 0 Å². The van der Waals surface area contributed by atoms with Crippen LogP contribution in [-0.4, -0.2) is 58.2 Å². The average Bonchev–Trinajstić information content (AvgIpc) is 3.22. The highest BCUT2D eigenvalue weighted by Gasteiger charge is 2.47. The van der Waals surface area contributed by atoms with Gasteiger partial charge < -0.3 is 24.4 Å². The average molecular weight is 491 g/mol. The minimum Gasteiger partial charge on any atom is -0.493 e. The molecule has 7 nitrogen and oxygen atoms in total. The van der Waals surface area contributed by atoms with E-state index in [0.717, 1.165) is 27.5 Å². The first-order chi connectivity index (χ1) is 17.2. The summed E-state index contributed by atoms with van der Waals surface area (Å²) < 4.78 is 16.4. The molecule has 0 aromatic heterocycles. The normalized spacial score (nSPS) is 19.3. The number of methoxy groups -OCH3 is 3. The predicted molar refractivity (Wildman–Crippen MR) is 141 cm³/mol. The summed E-state index contributed by atoms with van der Waals surface area (Å²) in [5, 5.41) is 4.87. The highest BCUT2D eigenvalue weighted by atomic mass is 16.5. The number of amides is 2. The lowest BCUT2D eigenvalue weighted by molar-refractivity contribution is -0.132. The summed E-state index contributed by atoms with van der Waals surface area (Å²) in [4.78, 5) is 27.3. The van der Waals surface area contributed by atoms with E-state index in [0.29, 0.717) is 36.8 Å². The van der Waals surface area contributed by atoms with Crippen molar-refractivity contribution in [2.24, 2.45) is 11.3 Å². The monoisotopic (exact) mass is 490 g/mol. The van der Waals surface area contributed by atoms with E-state index in [1.807, 2.05) is 49.1 Å². The number of hydrogen-bond donors (Lipinski definition) is 1.